The number of aliphatic imine (C=N–C) groups is 1. The second kappa shape index (κ2) is 23.3. The average Bonchev–Trinajstić information content (AvgIpc) is 3.53. The largest absolute Gasteiger partial charge is 0.508 e. The lowest BCUT2D eigenvalue weighted by atomic mass is 9.86. The fourth-order valence-electron chi connectivity index (χ4n) is 7.03. The van der Waals surface area contributed by atoms with E-state index in [1.165, 1.54) is 64.9 Å². The highest BCUT2D eigenvalue weighted by atomic mass is 35.5. The van der Waals surface area contributed by atoms with Gasteiger partial charge in [-0.3, -0.25) is 15.0 Å². The van der Waals surface area contributed by atoms with Crippen LogP contribution < -0.4 is 30.0 Å². The van der Waals surface area contributed by atoms with Crippen molar-refractivity contribution < 1.29 is 28.9 Å². The molecule has 1 fully saturated rings. The Morgan fingerprint density at radius 1 is 0.825 bits per heavy atom. The van der Waals surface area contributed by atoms with Crippen LogP contribution in [0.3, 0.4) is 0 Å². The number of hydrogen-bond donors (Lipinski definition) is 3. The number of anilines is 2. The van der Waals surface area contributed by atoms with Crippen LogP contribution in [0.15, 0.2) is 82.0 Å². The van der Waals surface area contributed by atoms with Gasteiger partial charge in [0, 0.05) is 22.3 Å². The van der Waals surface area contributed by atoms with Gasteiger partial charge in [0.15, 0.2) is 23.4 Å². The molecule has 0 bridgehead atoms. The van der Waals surface area contributed by atoms with E-state index in [0.29, 0.717) is 40.6 Å². The Balaban J connectivity index is 1.41. The second-order valence-electron chi connectivity index (χ2n) is 16.3. The number of methoxy groups -OCH3 is 2. The summed E-state index contributed by atoms with van der Waals surface area (Å²) in [4.78, 5) is 32.9. The zero-order valence-electron chi connectivity index (χ0n) is 36.6. The molecule has 4 aromatic carbocycles. The molecule has 338 valence electrons. The van der Waals surface area contributed by atoms with Gasteiger partial charge in [-0.25, -0.2) is 10.0 Å². The van der Waals surface area contributed by atoms with Gasteiger partial charge in [-0.1, -0.05) is 132 Å². The van der Waals surface area contributed by atoms with Gasteiger partial charge in [0.2, 0.25) is 6.04 Å². The fourth-order valence-corrected chi connectivity index (χ4v) is 8.17. The molecule has 1 aliphatic heterocycles. The number of phenolic OH excluding ortho intramolecular Hbond substituents is 1. The molecule has 2 atom stereocenters. The summed E-state index contributed by atoms with van der Waals surface area (Å²) in [5, 5.41) is 24.1. The fraction of sp³-hybridized carbons (Fsp3) is 0.426. The van der Waals surface area contributed by atoms with Crippen molar-refractivity contribution in [3.8, 4) is 23.0 Å². The number of amides is 2. The second-order valence-corrected chi connectivity index (χ2v) is 18.0. The van der Waals surface area contributed by atoms with Crippen molar-refractivity contribution in [1.29, 1.82) is 0 Å². The van der Waals surface area contributed by atoms with E-state index in [-0.39, 0.29) is 54.4 Å². The van der Waals surface area contributed by atoms with Gasteiger partial charge in [-0.05, 0) is 78.9 Å². The number of azo groups is 1. The van der Waals surface area contributed by atoms with Crippen LogP contribution in [-0.2, 0) is 15.0 Å². The van der Waals surface area contributed by atoms with Crippen molar-refractivity contribution in [1.82, 2.24) is 5.43 Å². The quantitative estimate of drug-likeness (QED) is 0.0557. The third-order valence-electron chi connectivity index (χ3n) is 10.4. The molecule has 0 unspecified atom stereocenters. The number of nitrogens with one attached hydrogen (secondary N) is 2. The predicted octanol–water partition coefficient (Wildman–Crippen LogP) is 13.8. The van der Waals surface area contributed by atoms with E-state index in [0.717, 1.165) is 30.7 Å². The van der Waals surface area contributed by atoms with Gasteiger partial charge in [-0.15, -0.1) is 0 Å². The highest BCUT2D eigenvalue weighted by Gasteiger charge is 2.41. The van der Waals surface area contributed by atoms with Crippen LogP contribution in [0.25, 0.3) is 0 Å². The number of ether oxygens (including phenoxy) is 3. The molecule has 63 heavy (non-hydrogen) atoms. The van der Waals surface area contributed by atoms with E-state index in [2.05, 4.69) is 27.9 Å². The van der Waals surface area contributed by atoms with Gasteiger partial charge in [0.05, 0.1) is 40.7 Å². The number of benzene rings is 4. The third-order valence-corrected chi connectivity index (χ3v) is 11.5. The molecule has 0 aromatic heterocycles. The lowest BCUT2D eigenvalue weighted by Crippen LogP contribution is -2.36. The molecule has 5 rings (SSSR count). The maximum absolute atomic E-state index is 14.1. The summed E-state index contributed by atoms with van der Waals surface area (Å²) >= 11 is 26.0. The molecule has 2 amide bonds. The maximum atomic E-state index is 14.1. The number of halogens is 4. The molecule has 0 saturated carbocycles. The summed E-state index contributed by atoms with van der Waals surface area (Å²) in [5.41, 5.74) is 4.44. The molecule has 12 nitrogen and oxygen atoms in total. The number of hydrazine groups is 1. The molecule has 16 heteroatoms. The molecule has 0 spiro atoms. The number of hydrogen-bond acceptors (Lipinski definition) is 9. The first-order valence-electron chi connectivity index (χ1n) is 21.2. The first kappa shape index (κ1) is 49.3. The molecule has 1 aliphatic rings. The van der Waals surface area contributed by atoms with E-state index in [4.69, 9.17) is 65.6 Å². The van der Waals surface area contributed by atoms with Crippen LogP contribution in [0.5, 0.6) is 23.0 Å². The summed E-state index contributed by atoms with van der Waals surface area (Å²) in [6, 6.07) is 16.4. The summed E-state index contributed by atoms with van der Waals surface area (Å²) < 4.78 is 17.1. The molecule has 4 aromatic rings. The zero-order chi connectivity index (χ0) is 45.7. The van der Waals surface area contributed by atoms with E-state index in [9.17, 15) is 14.7 Å². The summed E-state index contributed by atoms with van der Waals surface area (Å²) in [6.07, 6.45) is 11.2. The summed E-state index contributed by atoms with van der Waals surface area (Å²) in [7, 11) is 3.01. The number of carbonyl (C=O) groups is 2. The van der Waals surface area contributed by atoms with Crippen LogP contribution in [0.1, 0.15) is 104 Å². The zero-order valence-corrected chi connectivity index (χ0v) is 39.6. The highest BCUT2D eigenvalue weighted by Crippen LogP contribution is 2.39. The van der Waals surface area contributed by atoms with Gasteiger partial charge in [0.25, 0.3) is 11.8 Å². The van der Waals surface area contributed by atoms with E-state index < -0.39 is 18.1 Å². The molecule has 0 aliphatic carbocycles. The molecule has 1 saturated heterocycles. The van der Waals surface area contributed by atoms with Gasteiger partial charge in [0.1, 0.15) is 17.2 Å². The monoisotopic (exact) mass is 940 g/mol. The molecule has 1 heterocycles. The third kappa shape index (κ3) is 13.6. The molecule has 3 N–H and O–H groups in total. The predicted molar refractivity (Wildman–Crippen MR) is 255 cm³/mol. The minimum absolute atomic E-state index is 0.0424. The van der Waals surface area contributed by atoms with Gasteiger partial charge >= 0.3 is 0 Å². The van der Waals surface area contributed by atoms with E-state index in [1.807, 2.05) is 20.8 Å². The number of unbranched alkanes of at least 4 members (excludes halogenated alkanes) is 9. The Morgan fingerprint density at radius 3 is 2.11 bits per heavy atom. The Kier molecular flexibility index (Phi) is 18.2. The van der Waals surface area contributed by atoms with Gasteiger partial charge in [-0.2, -0.15) is 10.2 Å². The minimum Gasteiger partial charge on any atom is -0.508 e. The molecule has 0 radical (unpaired) electrons. The first-order chi connectivity index (χ1) is 30.1. The first-order valence-corrected chi connectivity index (χ1v) is 22.7. The van der Waals surface area contributed by atoms with E-state index in [1.54, 1.807) is 54.6 Å². The van der Waals surface area contributed by atoms with Crippen molar-refractivity contribution in [3.63, 3.8) is 0 Å². The minimum atomic E-state index is -1.31. The van der Waals surface area contributed by atoms with Crippen LogP contribution in [-0.4, -0.2) is 49.1 Å². The number of amidine groups is 1. The number of phenols is 1. The summed E-state index contributed by atoms with van der Waals surface area (Å²) in [5.74, 6) is 0.617. The van der Waals surface area contributed by atoms with E-state index >= 15 is 0 Å². The van der Waals surface area contributed by atoms with Crippen LogP contribution in [0.2, 0.25) is 20.1 Å². The number of rotatable bonds is 21. The Bertz CT molecular complexity index is 2260. The van der Waals surface area contributed by atoms with Crippen LogP contribution in [0.4, 0.5) is 22.7 Å². The summed E-state index contributed by atoms with van der Waals surface area (Å²) in [6.45, 7) is 8.23. The highest BCUT2D eigenvalue weighted by molar-refractivity contribution is 6.43. The van der Waals surface area contributed by atoms with Crippen molar-refractivity contribution in [2.24, 2.45) is 15.2 Å². The maximum Gasteiger partial charge on any atom is 0.280 e. The number of carbonyl (C=O) groups excluding carboxylic acids is 2. The van der Waals surface area contributed by atoms with Gasteiger partial charge < -0.3 is 24.6 Å². The van der Waals surface area contributed by atoms with Crippen molar-refractivity contribution in [2.45, 2.75) is 116 Å². The molecular formula is C47H56Cl4N6O6. The topological polar surface area (TPSA) is 146 Å². The van der Waals surface area contributed by atoms with Crippen molar-refractivity contribution >= 4 is 86.8 Å². The van der Waals surface area contributed by atoms with Crippen molar-refractivity contribution in [3.05, 3.63) is 92.4 Å². The Hall–Kier alpha value is -4.75. The number of aromatic hydroxyl groups is 1. The number of nitrogens with zero attached hydrogens (tertiary/aromatic N) is 4. The Labute approximate surface area is 390 Å². The normalized spacial score (nSPS) is 15.2. The lowest BCUT2D eigenvalue weighted by Gasteiger charge is -2.23. The lowest BCUT2D eigenvalue weighted by molar-refractivity contribution is -0.123. The van der Waals surface area contributed by atoms with Crippen LogP contribution in [0, 0.1) is 0 Å². The standard InChI is InChI=1S/C47H56Cl4N6O6/c1-7-8-9-10-11-12-13-14-15-16-17-40(63-32-20-22-38(58)33(28-32)47(2,3)4)45(59)52-30-18-21-34(49)37(26-30)53-44-42(55-54-31-19-23-39(61-5)41(27-31)62-6)46(60)57(56-44)43-35(50)24-29(48)25-36(43)51/h18-28,40,42,58H,7-17H2,1-6H3,(H,52,59)(H,53,56)/t40-,42+/m0/s1. The average molecular weight is 943 g/mol. The van der Waals surface area contributed by atoms with Crippen molar-refractivity contribution in [2.75, 3.05) is 24.5 Å². The smallest absolute Gasteiger partial charge is 0.280 e. The molecular weight excluding hydrogens is 886 g/mol. The SMILES string of the molecule is CCCCCCCCCCCC[C@H](Oc1ccc(O)c(C(C)(C)C)c1)C(=O)Nc1ccc(Cl)c(N=C2NN(c3c(Cl)cc(Cl)cc3Cl)C(=O)[C@@H]2N=Nc2ccc(OC)c(OC)c2)c1. The Morgan fingerprint density at radius 2 is 1.48 bits per heavy atom. The van der Waals surface area contributed by atoms with Crippen LogP contribution >= 0.6 is 46.4 Å².